The fourth-order valence-electron chi connectivity index (χ4n) is 5.59. The summed E-state index contributed by atoms with van der Waals surface area (Å²) in [5, 5.41) is 2.17. The lowest BCUT2D eigenvalue weighted by atomic mass is 9.79. The van der Waals surface area contributed by atoms with Gasteiger partial charge in [0.05, 0.1) is 16.9 Å². The van der Waals surface area contributed by atoms with Gasteiger partial charge in [-0.15, -0.1) is 0 Å². The van der Waals surface area contributed by atoms with Gasteiger partial charge in [-0.25, -0.2) is 28.0 Å². The second kappa shape index (κ2) is 14.2. The van der Waals surface area contributed by atoms with E-state index in [9.17, 15) is 18.0 Å². The van der Waals surface area contributed by atoms with Crippen LogP contribution in [-0.4, -0.2) is 54.4 Å². The van der Waals surface area contributed by atoms with E-state index >= 15 is 0 Å². The zero-order valence-corrected chi connectivity index (χ0v) is 30.8. The van der Waals surface area contributed by atoms with Crippen molar-refractivity contribution in [3.05, 3.63) is 78.1 Å². The summed E-state index contributed by atoms with van der Waals surface area (Å²) < 4.78 is 46.1. The van der Waals surface area contributed by atoms with Crippen LogP contribution in [0.5, 0.6) is 0 Å². The molecule has 14 heteroatoms. The van der Waals surface area contributed by atoms with Gasteiger partial charge in [0, 0.05) is 19.7 Å². The molecule has 0 radical (unpaired) electrons. The number of carbonyl (C=O) groups is 2. The van der Waals surface area contributed by atoms with Crippen molar-refractivity contribution in [3.63, 3.8) is 0 Å². The molecule has 1 aromatic carbocycles. The van der Waals surface area contributed by atoms with Gasteiger partial charge in [0.15, 0.2) is 16.2 Å². The van der Waals surface area contributed by atoms with Crippen molar-refractivity contribution in [3.8, 4) is 0 Å². The van der Waals surface area contributed by atoms with Gasteiger partial charge >= 0.3 is 19.2 Å². The standard InChI is InChI=1S/C35H47BN4O8S/c1-24(41)46-40(31(42)45-33(5,6)23-32(2,3)4)28-15-13-14-27(39-28)30(49(43,44)29-16-11-12-21-37-29)38-22-25-17-19-26(20-18-25)36-47-34(7,8)35(9,10)48-36/h11-21,30,38H,22-23H2,1-10H3. The number of ether oxygens (including phenoxy) is 1. The van der Waals surface area contributed by atoms with Crippen molar-refractivity contribution in [1.82, 2.24) is 15.3 Å². The van der Waals surface area contributed by atoms with E-state index in [-0.39, 0.29) is 28.5 Å². The van der Waals surface area contributed by atoms with E-state index < -0.39 is 51.2 Å². The van der Waals surface area contributed by atoms with E-state index in [1.54, 1.807) is 26.0 Å². The number of hydroxylamine groups is 1. The molecule has 12 nitrogen and oxygen atoms in total. The summed E-state index contributed by atoms with van der Waals surface area (Å²) in [5.41, 5.74) is -0.417. The summed E-state index contributed by atoms with van der Waals surface area (Å²) in [4.78, 5) is 39.3. The molecule has 1 aliphatic rings. The molecule has 264 valence electrons. The highest BCUT2D eigenvalue weighted by Gasteiger charge is 2.51. The molecule has 3 heterocycles. The maximum Gasteiger partial charge on any atom is 0.494 e. The number of rotatable bonds is 10. The van der Waals surface area contributed by atoms with Crippen LogP contribution < -0.4 is 15.8 Å². The minimum Gasteiger partial charge on any atom is -0.441 e. The Morgan fingerprint density at radius 3 is 2.12 bits per heavy atom. The molecule has 1 unspecified atom stereocenters. The fourth-order valence-corrected chi connectivity index (χ4v) is 7.06. The minimum atomic E-state index is -4.17. The Bertz CT molecular complexity index is 1730. The number of carbonyl (C=O) groups excluding carboxylic acids is 2. The van der Waals surface area contributed by atoms with Crippen LogP contribution in [0.2, 0.25) is 0 Å². The van der Waals surface area contributed by atoms with Gasteiger partial charge in [0.25, 0.3) is 0 Å². The van der Waals surface area contributed by atoms with Crippen LogP contribution in [0.15, 0.2) is 71.9 Å². The Morgan fingerprint density at radius 2 is 1.57 bits per heavy atom. The highest BCUT2D eigenvalue weighted by molar-refractivity contribution is 7.91. The number of sulfone groups is 1. The number of anilines is 1. The first-order chi connectivity index (χ1) is 22.6. The van der Waals surface area contributed by atoms with Gasteiger partial charge in [-0.2, -0.15) is 0 Å². The zero-order chi connectivity index (χ0) is 36.4. The number of aromatic nitrogens is 2. The van der Waals surface area contributed by atoms with Gasteiger partial charge in [0.2, 0.25) is 9.84 Å². The van der Waals surface area contributed by atoms with E-state index in [2.05, 4.69) is 15.3 Å². The molecule has 1 aliphatic heterocycles. The van der Waals surface area contributed by atoms with Gasteiger partial charge in [0.1, 0.15) is 5.60 Å². The molecular weight excluding hydrogens is 647 g/mol. The van der Waals surface area contributed by atoms with Crippen molar-refractivity contribution in [2.24, 2.45) is 5.41 Å². The van der Waals surface area contributed by atoms with Gasteiger partial charge in [-0.3, -0.25) is 5.32 Å². The van der Waals surface area contributed by atoms with Crippen molar-refractivity contribution >= 4 is 40.3 Å². The third kappa shape index (κ3) is 9.44. The normalized spacial score (nSPS) is 16.6. The molecule has 0 saturated carbocycles. The Morgan fingerprint density at radius 1 is 0.939 bits per heavy atom. The first-order valence-corrected chi connectivity index (χ1v) is 17.7. The molecule has 1 atom stereocenters. The molecule has 3 aromatic rings. The van der Waals surface area contributed by atoms with E-state index in [4.69, 9.17) is 18.9 Å². The Balaban J connectivity index is 1.64. The van der Waals surface area contributed by atoms with E-state index in [0.717, 1.165) is 17.9 Å². The summed E-state index contributed by atoms with van der Waals surface area (Å²) in [5.74, 6) is -0.934. The summed E-state index contributed by atoms with van der Waals surface area (Å²) >= 11 is 0. The largest absolute Gasteiger partial charge is 0.494 e. The summed E-state index contributed by atoms with van der Waals surface area (Å²) in [6, 6.07) is 16.5. The molecular formula is C35H47BN4O8S. The summed E-state index contributed by atoms with van der Waals surface area (Å²) in [7, 11) is -4.71. The van der Waals surface area contributed by atoms with Crippen LogP contribution in [0.4, 0.5) is 10.6 Å². The predicted octanol–water partition coefficient (Wildman–Crippen LogP) is 5.67. The van der Waals surface area contributed by atoms with Crippen LogP contribution in [0.3, 0.4) is 0 Å². The first-order valence-electron chi connectivity index (χ1n) is 16.1. The van der Waals surface area contributed by atoms with Crippen LogP contribution in [0.1, 0.15) is 92.3 Å². The summed E-state index contributed by atoms with van der Waals surface area (Å²) in [6.07, 6.45) is 0.923. The average molecular weight is 695 g/mol. The molecule has 1 fully saturated rings. The third-order valence-corrected chi connectivity index (χ3v) is 10.0. The van der Waals surface area contributed by atoms with Gasteiger partial charge in [-0.05, 0) is 88.7 Å². The maximum absolute atomic E-state index is 14.0. The van der Waals surface area contributed by atoms with Crippen molar-refractivity contribution in [1.29, 1.82) is 0 Å². The fraction of sp³-hybridized carbons (Fsp3) is 0.486. The van der Waals surface area contributed by atoms with Crippen LogP contribution in [0.25, 0.3) is 0 Å². The minimum absolute atomic E-state index is 0.0379. The molecule has 49 heavy (non-hydrogen) atoms. The molecule has 2 aromatic heterocycles. The van der Waals surface area contributed by atoms with Gasteiger partial charge < -0.3 is 18.9 Å². The molecule has 0 bridgehead atoms. The number of pyridine rings is 2. The number of hydrogen-bond donors (Lipinski definition) is 1. The Labute approximate surface area is 289 Å². The molecule has 1 saturated heterocycles. The quantitative estimate of drug-likeness (QED) is 0.207. The van der Waals surface area contributed by atoms with Crippen LogP contribution >= 0.6 is 0 Å². The topological polar surface area (TPSA) is 146 Å². The lowest BCUT2D eigenvalue weighted by Gasteiger charge is -2.33. The first kappa shape index (κ1) is 38.0. The number of nitrogens with zero attached hydrogens (tertiary/aromatic N) is 3. The molecule has 4 rings (SSSR count). The number of amides is 1. The SMILES string of the molecule is CC(=O)ON(C(=O)OC(C)(C)CC(C)(C)C)c1cccc(C(NCc2ccc(B3OC(C)(C)C(C)(C)O3)cc2)S(=O)(=O)c2ccccn2)n1. The second-order valence-electron chi connectivity index (χ2n) is 15.0. The van der Waals surface area contributed by atoms with Crippen molar-refractivity contribution < 1.29 is 36.9 Å². The third-order valence-electron chi connectivity index (χ3n) is 8.17. The highest BCUT2D eigenvalue weighted by Crippen LogP contribution is 2.36. The van der Waals surface area contributed by atoms with Crippen LogP contribution in [-0.2, 0) is 40.1 Å². The molecule has 1 amide bonds. The molecule has 0 spiro atoms. The second-order valence-corrected chi connectivity index (χ2v) is 16.9. The predicted molar refractivity (Wildman–Crippen MR) is 186 cm³/mol. The van der Waals surface area contributed by atoms with Crippen molar-refractivity contribution in [2.45, 2.75) is 109 Å². The zero-order valence-electron chi connectivity index (χ0n) is 29.9. The highest BCUT2D eigenvalue weighted by atomic mass is 32.2. The van der Waals surface area contributed by atoms with E-state index in [1.165, 1.54) is 30.5 Å². The number of nitrogens with one attached hydrogen (secondary N) is 1. The number of hydrogen-bond acceptors (Lipinski definition) is 11. The van der Waals surface area contributed by atoms with Crippen LogP contribution in [0, 0.1) is 5.41 Å². The smallest absolute Gasteiger partial charge is 0.441 e. The average Bonchev–Trinajstić information content (AvgIpc) is 3.21. The van der Waals surface area contributed by atoms with Crippen molar-refractivity contribution in [2.75, 3.05) is 5.06 Å². The maximum atomic E-state index is 14.0. The monoisotopic (exact) mass is 694 g/mol. The number of benzene rings is 1. The van der Waals surface area contributed by atoms with E-state index in [1.807, 2.05) is 72.7 Å². The van der Waals surface area contributed by atoms with Gasteiger partial charge in [-0.1, -0.05) is 62.2 Å². The molecule has 1 N–H and O–H groups in total. The Kier molecular flexibility index (Phi) is 11.0. The Hall–Kier alpha value is -3.85. The lowest BCUT2D eigenvalue weighted by Crippen LogP contribution is -2.41. The molecule has 0 aliphatic carbocycles. The van der Waals surface area contributed by atoms with E-state index in [0.29, 0.717) is 11.5 Å². The lowest BCUT2D eigenvalue weighted by molar-refractivity contribution is -0.142. The summed E-state index contributed by atoms with van der Waals surface area (Å²) in [6.45, 7) is 18.8.